The number of esters is 1. The van der Waals surface area contributed by atoms with E-state index in [2.05, 4.69) is 20.9 Å². The fraction of sp³-hybridized carbons (Fsp3) is 0.231. The first-order valence-corrected chi connectivity index (χ1v) is 6.27. The van der Waals surface area contributed by atoms with Gasteiger partial charge in [0.15, 0.2) is 5.69 Å². The molecule has 0 fully saturated rings. The van der Waals surface area contributed by atoms with Crippen molar-refractivity contribution in [2.45, 2.75) is 6.92 Å². The second-order valence-corrected chi connectivity index (χ2v) is 4.42. The Morgan fingerprint density at radius 2 is 2.22 bits per heavy atom. The van der Waals surface area contributed by atoms with Crippen molar-refractivity contribution in [1.82, 2.24) is 4.98 Å². The van der Waals surface area contributed by atoms with E-state index in [0.717, 1.165) is 9.86 Å². The van der Waals surface area contributed by atoms with Gasteiger partial charge in [0.25, 0.3) is 0 Å². The number of carbonyl (C=O) groups excluding carboxylic acids is 1. The molecule has 0 saturated heterocycles. The summed E-state index contributed by atoms with van der Waals surface area (Å²) in [5, 5.41) is 0.847. The Kier molecular flexibility index (Phi) is 3.81. The van der Waals surface area contributed by atoms with E-state index in [1.165, 1.54) is 0 Å². The molecule has 5 heteroatoms. The summed E-state index contributed by atoms with van der Waals surface area (Å²) in [4.78, 5) is 16.0. The van der Waals surface area contributed by atoms with Crippen LogP contribution in [0.25, 0.3) is 10.9 Å². The van der Waals surface area contributed by atoms with Crippen LogP contribution >= 0.6 is 15.9 Å². The Morgan fingerprint density at radius 1 is 1.44 bits per heavy atom. The number of aromatic nitrogens is 1. The Labute approximate surface area is 113 Å². The average Bonchev–Trinajstić information content (AvgIpc) is 2.38. The summed E-state index contributed by atoms with van der Waals surface area (Å²) < 4.78 is 11.0. The van der Waals surface area contributed by atoms with Crippen LogP contribution in [-0.4, -0.2) is 24.7 Å². The molecule has 18 heavy (non-hydrogen) atoms. The zero-order valence-corrected chi connectivity index (χ0v) is 11.7. The van der Waals surface area contributed by atoms with E-state index in [4.69, 9.17) is 9.47 Å². The Balaban J connectivity index is 2.64. The van der Waals surface area contributed by atoms with E-state index < -0.39 is 5.97 Å². The molecule has 0 aliphatic rings. The second-order valence-electron chi connectivity index (χ2n) is 3.57. The molecule has 94 valence electrons. The van der Waals surface area contributed by atoms with Gasteiger partial charge in [0.2, 0.25) is 0 Å². The van der Waals surface area contributed by atoms with Crippen LogP contribution in [0, 0.1) is 0 Å². The number of carbonyl (C=O) groups is 1. The standard InChI is InChI=1S/C13H12BrNO3/c1-3-18-13(16)10-7-11(17-2)8-5-4-6-9(14)12(8)15-10/h4-7H,3H2,1-2H3. The minimum atomic E-state index is -0.451. The van der Waals surface area contributed by atoms with Gasteiger partial charge in [-0.25, -0.2) is 9.78 Å². The van der Waals surface area contributed by atoms with Gasteiger partial charge in [-0.15, -0.1) is 0 Å². The zero-order valence-electron chi connectivity index (χ0n) is 10.1. The lowest BCUT2D eigenvalue weighted by Crippen LogP contribution is -2.07. The summed E-state index contributed by atoms with van der Waals surface area (Å²) in [5.41, 5.74) is 0.924. The summed E-state index contributed by atoms with van der Waals surface area (Å²) >= 11 is 3.41. The molecule has 0 aliphatic carbocycles. The van der Waals surface area contributed by atoms with Crippen LogP contribution < -0.4 is 4.74 Å². The van der Waals surface area contributed by atoms with Crippen molar-refractivity contribution in [3.05, 3.63) is 34.4 Å². The third-order valence-corrected chi connectivity index (χ3v) is 3.10. The Morgan fingerprint density at radius 3 is 2.89 bits per heavy atom. The molecule has 1 aromatic carbocycles. The molecule has 0 bridgehead atoms. The number of ether oxygens (including phenoxy) is 2. The van der Waals surface area contributed by atoms with Gasteiger partial charge in [-0.05, 0) is 35.0 Å². The van der Waals surface area contributed by atoms with Gasteiger partial charge in [-0.1, -0.05) is 6.07 Å². The highest BCUT2D eigenvalue weighted by Crippen LogP contribution is 2.30. The van der Waals surface area contributed by atoms with E-state index in [9.17, 15) is 4.79 Å². The second kappa shape index (κ2) is 5.35. The number of rotatable bonds is 3. The number of fused-ring (bicyclic) bond motifs is 1. The highest BCUT2D eigenvalue weighted by molar-refractivity contribution is 9.10. The number of para-hydroxylation sites is 1. The number of methoxy groups -OCH3 is 1. The number of nitrogens with zero attached hydrogens (tertiary/aromatic N) is 1. The molecule has 0 N–H and O–H groups in total. The van der Waals surface area contributed by atoms with Gasteiger partial charge in [-0.3, -0.25) is 0 Å². The van der Waals surface area contributed by atoms with E-state index in [1.54, 1.807) is 20.1 Å². The summed E-state index contributed by atoms with van der Waals surface area (Å²) in [7, 11) is 1.56. The van der Waals surface area contributed by atoms with Gasteiger partial charge in [0, 0.05) is 15.9 Å². The lowest BCUT2D eigenvalue weighted by atomic mass is 10.2. The molecule has 4 nitrogen and oxygen atoms in total. The molecule has 2 aromatic rings. The summed E-state index contributed by atoms with van der Waals surface area (Å²) in [6.07, 6.45) is 0. The first-order valence-electron chi connectivity index (χ1n) is 5.47. The molecular weight excluding hydrogens is 298 g/mol. The molecule has 0 spiro atoms. The Bertz CT molecular complexity index is 598. The highest BCUT2D eigenvalue weighted by atomic mass is 79.9. The van der Waals surface area contributed by atoms with Gasteiger partial charge < -0.3 is 9.47 Å². The van der Waals surface area contributed by atoms with Gasteiger partial charge in [0.1, 0.15) is 5.75 Å². The number of pyridine rings is 1. The van der Waals surface area contributed by atoms with Crippen molar-refractivity contribution >= 4 is 32.8 Å². The van der Waals surface area contributed by atoms with Crippen molar-refractivity contribution in [2.24, 2.45) is 0 Å². The van der Waals surface area contributed by atoms with Crippen molar-refractivity contribution in [3.63, 3.8) is 0 Å². The Hall–Kier alpha value is -1.62. The fourth-order valence-corrected chi connectivity index (χ4v) is 2.12. The maximum absolute atomic E-state index is 11.7. The van der Waals surface area contributed by atoms with E-state index in [-0.39, 0.29) is 5.69 Å². The van der Waals surface area contributed by atoms with Crippen LogP contribution in [0.3, 0.4) is 0 Å². The van der Waals surface area contributed by atoms with E-state index in [0.29, 0.717) is 17.9 Å². The molecule has 0 unspecified atom stereocenters. The van der Waals surface area contributed by atoms with Crippen LogP contribution in [0.5, 0.6) is 5.75 Å². The molecular formula is C13H12BrNO3. The highest BCUT2D eigenvalue weighted by Gasteiger charge is 2.14. The summed E-state index contributed by atoms with van der Waals surface area (Å²) in [5.74, 6) is 0.151. The topological polar surface area (TPSA) is 48.4 Å². The number of halogens is 1. The lowest BCUT2D eigenvalue weighted by molar-refractivity contribution is 0.0519. The third-order valence-electron chi connectivity index (χ3n) is 2.46. The first kappa shape index (κ1) is 12.8. The van der Waals surface area contributed by atoms with Gasteiger partial charge >= 0.3 is 5.97 Å². The molecule has 1 aromatic heterocycles. The predicted molar refractivity (Wildman–Crippen MR) is 72.0 cm³/mol. The quantitative estimate of drug-likeness (QED) is 0.817. The molecule has 0 amide bonds. The van der Waals surface area contributed by atoms with Crippen LogP contribution in [-0.2, 0) is 4.74 Å². The number of benzene rings is 1. The smallest absolute Gasteiger partial charge is 0.357 e. The fourth-order valence-electron chi connectivity index (χ4n) is 1.66. The molecule has 0 aliphatic heterocycles. The molecule has 0 atom stereocenters. The average molecular weight is 310 g/mol. The van der Waals surface area contributed by atoms with Crippen LogP contribution in [0.2, 0.25) is 0 Å². The summed E-state index contributed by atoms with van der Waals surface area (Å²) in [6, 6.07) is 7.23. The maximum Gasteiger partial charge on any atom is 0.357 e. The molecule has 0 radical (unpaired) electrons. The molecule has 2 rings (SSSR count). The van der Waals surface area contributed by atoms with Crippen molar-refractivity contribution in [1.29, 1.82) is 0 Å². The van der Waals surface area contributed by atoms with E-state index >= 15 is 0 Å². The number of hydrogen-bond donors (Lipinski definition) is 0. The first-order chi connectivity index (χ1) is 8.67. The molecule has 0 saturated carbocycles. The van der Waals surface area contributed by atoms with Gasteiger partial charge in [-0.2, -0.15) is 0 Å². The third kappa shape index (κ3) is 2.31. The largest absolute Gasteiger partial charge is 0.496 e. The van der Waals surface area contributed by atoms with Crippen LogP contribution in [0.4, 0.5) is 0 Å². The van der Waals surface area contributed by atoms with Crippen molar-refractivity contribution < 1.29 is 14.3 Å². The van der Waals surface area contributed by atoms with Crippen molar-refractivity contribution in [2.75, 3.05) is 13.7 Å². The van der Waals surface area contributed by atoms with Gasteiger partial charge in [0.05, 0.1) is 19.2 Å². The molecule has 1 heterocycles. The SMILES string of the molecule is CCOC(=O)c1cc(OC)c2cccc(Br)c2n1. The van der Waals surface area contributed by atoms with E-state index in [1.807, 2.05) is 18.2 Å². The zero-order chi connectivity index (χ0) is 13.1. The maximum atomic E-state index is 11.7. The van der Waals surface area contributed by atoms with Crippen LogP contribution in [0.15, 0.2) is 28.7 Å². The minimum Gasteiger partial charge on any atom is -0.496 e. The number of hydrogen-bond acceptors (Lipinski definition) is 4. The van der Waals surface area contributed by atoms with Crippen molar-refractivity contribution in [3.8, 4) is 5.75 Å². The monoisotopic (exact) mass is 309 g/mol. The summed E-state index contributed by atoms with van der Waals surface area (Å²) in [6.45, 7) is 2.07. The normalized spacial score (nSPS) is 10.4. The lowest BCUT2D eigenvalue weighted by Gasteiger charge is -2.09. The van der Waals surface area contributed by atoms with Crippen LogP contribution in [0.1, 0.15) is 17.4 Å². The predicted octanol–water partition coefficient (Wildman–Crippen LogP) is 3.18. The minimum absolute atomic E-state index is 0.244.